The van der Waals surface area contributed by atoms with Crippen LogP contribution >= 0.6 is 0 Å². The van der Waals surface area contributed by atoms with Gasteiger partial charge in [0.2, 0.25) is 0 Å². The van der Waals surface area contributed by atoms with E-state index < -0.39 is 24.2 Å². The van der Waals surface area contributed by atoms with Crippen molar-refractivity contribution in [1.82, 2.24) is 0 Å². The molecule has 1 aliphatic rings. The number of aliphatic hydroxyl groups excluding tert-OH is 4. The second-order valence-corrected chi connectivity index (χ2v) is 3.93. The Morgan fingerprint density at radius 2 is 1.71 bits per heavy atom. The molecular formula is C9H18O5. The van der Waals surface area contributed by atoms with Crippen molar-refractivity contribution >= 4 is 0 Å². The lowest BCUT2D eigenvalue weighted by Gasteiger charge is -2.34. The van der Waals surface area contributed by atoms with E-state index in [4.69, 9.17) is 9.84 Å². The Morgan fingerprint density at radius 3 is 2.29 bits per heavy atom. The van der Waals surface area contributed by atoms with E-state index in [9.17, 15) is 15.3 Å². The van der Waals surface area contributed by atoms with Crippen molar-refractivity contribution in [3.05, 3.63) is 0 Å². The molecular weight excluding hydrogens is 188 g/mol. The highest BCUT2D eigenvalue weighted by Gasteiger charge is 2.35. The number of ether oxygens (including phenoxy) is 1. The van der Waals surface area contributed by atoms with Crippen LogP contribution in [-0.2, 0) is 4.74 Å². The molecule has 5 unspecified atom stereocenters. The Kier molecular flexibility index (Phi) is 4.28. The topological polar surface area (TPSA) is 90.2 Å². The summed E-state index contributed by atoms with van der Waals surface area (Å²) in [4.78, 5) is 0. The molecule has 1 saturated heterocycles. The van der Waals surface area contributed by atoms with Crippen molar-refractivity contribution in [1.29, 1.82) is 0 Å². The lowest BCUT2D eigenvalue weighted by Crippen LogP contribution is -2.49. The first-order valence-corrected chi connectivity index (χ1v) is 4.80. The first-order valence-electron chi connectivity index (χ1n) is 4.80. The first kappa shape index (κ1) is 11.9. The van der Waals surface area contributed by atoms with Crippen molar-refractivity contribution in [3.63, 3.8) is 0 Å². The maximum absolute atomic E-state index is 9.58. The molecule has 1 fully saturated rings. The van der Waals surface area contributed by atoms with E-state index in [0.29, 0.717) is 6.61 Å². The molecule has 1 heterocycles. The zero-order valence-corrected chi connectivity index (χ0v) is 8.21. The molecule has 84 valence electrons. The number of aliphatic hydroxyl groups is 4. The smallest absolute Gasteiger partial charge is 0.106 e. The number of hydrogen-bond donors (Lipinski definition) is 4. The standard InChI is InChI=1S/C9H18O5/c1-5-3-14-4-6(2-10)8(12)9(13)7(5)11/h5-13H,2-4H2,1H3. The van der Waals surface area contributed by atoms with Gasteiger partial charge in [-0.1, -0.05) is 6.92 Å². The summed E-state index contributed by atoms with van der Waals surface area (Å²) in [5.74, 6) is -0.758. The molecule has 5 heteroatoms. The van der Waals surface area contributed by atoms with Gasteiger partial charge in [0.25, 0.3) is 0 Å². The van der Waals surface area contributed by atoms with Crippen LogP contribution in [0.3, 0.4) is 0 Å². The van der Waals surface area contributed by atoms with Crippen molar-refractivity contribution in [2.45, 2.75) is 25.2 Å². The van der Waals surface area contributed by atoms with Crippen molar-refractivity contribution in [2.24, 2.45) is 11.8 Å². The van der Waals surface area contributed by atoms with Gasteiger partial charge in [-0.3, -0.25) is 0 Å². The van der Waals surface area contributed by atoms with Gasteiger partial charge in [-0.05, 0) is 0 Å². The molecule has 0 aromatic rings. The summed E-state index contributed by atoms with van der Waals surface area (Å²) < 4.78 is 5.19. The molecule has 0 saturated carbocycles. The number of rotatable bonds is 1. The Morgan fingerprint density at radius 1 is 1.07 bits per heavy atom. The van der Waals surface area contributed by atoms with Gasteiger partial charge < -0.3 is 25.2 Å². The zero-order chi connectivity index (χ0) is 10.7. The van der Waals surface area contributed by atoms with E-state index in [-0.39, 0.29) is 19.1 Å². The van der Waals surface area contributed by atoms with Crippen LogP contribution in [0.4, 0.5) is 0 Å². The average Bonchev–Trinajstić information content (AvgIpc) is 2.20. The summed E-state index contributed by atoms with van der Waals surface area (Å²) in [6, 6.07) is 0. The van der Waals surface area contributed by atoms with E-state index >= 15 is 0 Å². The molecule has 5 nitrogen and oxygen atoms in total. The minimum absolute atomic E-state index is 0.200. The summed E-state index contributed by atoms with van der Waals surface area (Å²) in [5.41, 5.74) is 0. The van der Waals surface area contributed by atoms with Crippen LogP contribution in [0.1, 0.15) is 6.92 Å². The molecule has 0 bridgehead atoms. The van der Waals surface area contributed by atoms with Crippen LogP contribution < -0.4 is 0 Å². The average molecular weight is 206 g/mol. The highest BCUT2D eigenvalue weighted by molar-refractivity contribution is 4.85. The normalized spacial score (nSPS) is 45.6. The van der Waals surface area contributed by atoms with Gasteiger partial charge in [0.1, 0.15) is 6.10 Å². The van der Waals surface area contributed by atoms with Crippen LogP contribution in [0.15, 0.2) is 0 Å². The predicted molar refractivity (Wildman–Crippen MR) is 48.6 cm³/mol. The summed E-state index contributed by atoms with van der Waals surface area (Å²) in [6.45, 7) is 1.99. The molecule has 0 radical (unpaired) electrons. The van der Waals surface area contributed by atoms with Gasteiger partial charge in [-0.2, -0.15) is 0 Å². The molecule has 0 aliphatic carbocycles. The maximum Gasteiger partial charge on any atom is 0.106 e. The molecule has 1 aliphatic heterocycles. The lowest BCUT2D eigenvalue weighted by molar-refractivity contribution is -0.142. The van der Waals surface area contributed by atoms with Gasteiger partial charge in [-0.15, -0.1) is 0 Å². The highest BCUT2D eigenvalue weighted by atomic mass is 16.5. The summed E-state index contributed by atoms with van der Waals surface area (Å²) >= 11 is 0. The molecule has 0 aromatic heterocycles. The van der Waals surface area contributed by atoms with Crippen LogP contribution in [0.2, 0.25) is 0 Å². The van der Waals surface area contributed by atoms with Crippen molar-refractivity contribution < 1.29 is 25.2 Å². The third-order valence-electron chi connectivity index (χ3n) is 2.71. The minimum Gasteiger partial charge on any atom is -0.396 e. The third kappa shape index (κ3) is 2.43. The SMILES string of the molecule is CC1COCC(CO)C(O)C(O)C1O. The molecule has 14 heavy (non-hydrogen) atoms. The molecule has 1 rings (SSSR count). The van der Waals surface area contributed by atoms with Gasteiger partial charge in [0.15, 0.2) is 0 Å². The Balaban J connectivity index is 2.67. The van der Waals surface area contributed by atoms with Gasteiger partial charge in [-0.25, -0.2) is 0 Å². The minimum atomic E-state index is -1.22. The van der Waals surface area contributed by atoms with Crippen LogP contribution in [-0.4, -0.2) is 58.6 Å². The second kappa shape index (κ2) is 5.04. The maximum atomic E-state index is 9.58. The Bertz CT molecular complexity index is 169. The van der Waals surface area contributed by atoms with E-state index in [0.717, 1.165) is 0 Å². The molecule has 5 atom stereocenters. The predicted octanol–water partition coefficient (Wildman–Crippen LogP) is -1.66. The fraction of sp³-hybridized carbons (Fsp3) is 1.00. The summed E-state index contributed by atoms with van der Waals surface area (Å²) in [6.07, 6.45) is -3.37. The van der Waals surface area contributed by atoms with E-state index in [1.807, 2.05) is 0 Å². The van der Waals surface area contributed by atoms with Gasteiger partial charge in [0, 0.05) is 11.8 Å². The molecule has 0 aromatic carbocycles. The monoisotopic (exact) mass is 206 g/mol. The third-order valence-corrected chi connectivity index (χ3v) is 2.71. The summed E-state index contributed by atoms with van der Waals surface area (Å²) in [7, 11) is 0. The second-order valence-electron chi connectivity index (χ2n) is 3.93. The van der Waals surface area contributed by atoms with Crippen LogP contribution in [0.25, 0.3) is 0 Å². The van der Waals surface area contributed by atoms with Crippen LogP contribution in [0, 0.1) is 11.8 Å². The van der Waals surface area contributed by atoms with Crippen LogP contribution in [0.5, 0.6) is 0 Å². The van der Waals surface area contributed by atoms with E-state index in [1.54, 1.807) is 6.92 Å². The fourth-order valence-corrected chi connectivity index (χ4v) is 1.58. The lowest BCUT2D eigenvalue weighted by atomic mass is 9.89. The first-order chi connectivity index (χ1) is 6.57. The van der Waals surface area contributed by atoms with E-state index in [2.05, 4.69) is 0 Å². The largest absolute Gasteiger partial charge is 0.396 e. The fourth-order valence-electron chi connectivity index (χ4n) is 1.58. The Labute approximate surface area is 82.9 Å². The van der Waals surface area contributed by atoms with Gasteiger partial charge in [0.05, 0.1) is 32.0 Å². The van der Waals surface area contributed by atoms with Crippen molar-refractivity contribution in [2.75, 3.05) is 19.8 Å². The highest BCUT2D eigenvalue weighted by Crippen LogP contribution is 2.19. The molecule has 4 N–H and O–H groups in total. The molecule has 0 amide bonds. The van der Waals surface area contributed by atoms with E-state index in [1.165, 1.54) is 0 Å². The zero-order valence-electron chi connectivity index (χ0n) is 8.21. The summed E-state index contributed by atoms with van der Waals surface area (Å²) in [5, 5.41) is 37.6. The Hall–Kier alpha value is -0.200. The quantitative estimate of drug-likeness (QED) is 0.412. The van der Waals surface area contributed by atoms with Crippen molar-refractivity contribution in [3.8, 4) is 0 Å². The van der Waals surface area contributed by atoms with Gasteiger partial charge >= 0.3 is 0 Å². The molecule has 0 spiro atoms. The number of hydrogen-bond acceptors (Lipinski definition) is 5.